The van der Waals surface area contributed by atoms with Crippen LogP contribution < -0.4 is 5.32 Å². The first kappa shape index (κ1) is 15.2. The highest BCUT2D eigenvalue weighted by atomic mass is 35.5. The van der Waals surface area contributed by atoms with Crippen LogP contribution >= 0.6 is 11.6 Å². The Kier molecular flexibility index (Phi) is 3.58. The van der Waals surface area contributed by atoms with Crippen molar-refractivity contribution in [2.75, 3.05) is 5.32 Å². The normalized spacial score (nSPS) is 10.9. The monoisotopic (exact) mass is 354 g/mol. The molecule has 0 unspecified atom stereocenters. The highest BCUT2D eigenvalue weighted by Crippen LogP contribution is 2.34. The van der Waals surface area contributed by atoms with E-state index >= 15 is 0 Å². The van der Waals surface area contributed by atoms with Crippen molar-refractivity contribution >= 4 is 28.8 Å². The SMILES string of the molecule is O=C(Nc1cn[nH]c1-c1cc(Cl)ccc1O)c1cnn2cccnc12. The number of carbonyl (C=O) groups is 1. The van der Waals surface area contributed by atoms with E-state index in [9.17, 15) is 9.90 Å². The number of nitrogens with one attached hydrogen (secondary N) is 2. The summed E-state index contributed by atoms with van der Waals surface area (Å²) in [7, 11) is 0. The highest BCUT2D eigenvalue weighted by Gasteiger charge is 2.18. The Morgan fingerprint density at radius 1 is 1.32 bits per heavy atom. The first-order valence-corrected chi connectivity index (χ1v) is 7.63. The molecule has 3 heterocycles. The molecule has 0 saturated heterocycles. The van der Waals surface area contributed by atoms with Gasteiger partial charge in [0.05, 0.1) is 23.8 Å². The standard InChI is InChI=1S/C16H11ClN6O2/c17-9-2-3-13(24)10(6-9)14-12(8-19-22-14)21-16(25)11-7-20-23-5-1-4-18-15(11)23/h1-8,24H,(H,19,22)(H,21,25). The molecular weight excluding hydrogens is 344 g/mol. The van der Waals surface area contributed by atoms with E-state index < -0.39 is 5.91 Å². The lowest BCUT2D eigenvalue weighted by Gasteiger charge is -2.07. The molecule has 0 bridgehead atoms. The molecule has 4 aromatic rings. The maximum Gasteiger partial charge on any atom is 0.261 e. The molecule has 0 spiro atoms. The predicted molar refractivity (Wildman–Crippen MR) is 91.6 cm³/mol. The number of halogens is 1. The maximum atomic E-state index is 12.6. The Balaban J connectivity index is 1.69. The molecule has 0 fully saturated rings. The Morgan fingerprint density at radius 2 is 2.20 bits per heavy atom. The number of H-pyrrole nitrogens is 1. The number of phenols is 1. The topological polar surface area (TPSA) is 108 Å². The molecule has 1 aromatic carbocycles. The number of aromatic hydroxyl groups is 1. The van der Waals surface area contributed by atoms with Crippen LogP contribution in [0.1, 0.15) is 10.4 Å². The Hall–Kier alpha value is -3.39. The second-order valence-electron chi connectivity index (χ2n) is 5.22. The second-order valence-corrected chi connectivity index (χ2v) is 5.66. The molecule has 0 aliphatic heterocycles. The fourth-order valence-electron chi connectivity index (χ4n) is 2.47. The van der Waals surface area contributed by atoms with E-state index in [2.05, 4.69) is 25.6 Å². The molecule has 124 valence electrons. The van der Waals surface area contributed by atoms with Crippen LogP contribution in [0, 0.1) is 0 Å². The number of rotatable bonds is 3. The zero-order chi connectivity index (χ0) is 17.4. The number of aromatic nitrogens is 5. The van der Waals surface area contributed by atoms with Gasteiger partial charge < -0.3 is 10.4 Å². The highest BCUT2D eigenvalue weighted by molar-refractivity contribution is 6.31. The third-order valence-corrected chi connectivity index (χ3v) is 3.87. The summed E-state index contributed by atoms with van der Waals surface area (Å²) in [6.45, 7) is 0. The van der Waals surface area contributed by atoms with Gasteiger partial charge in [0, 0.05) is 23.0 Å². The number of nitrogens with zero attached hydrogens (tertiary/aromatic N) is 4. The molecule has 4 rings (SSSR count). The summed E-state index contributed by atoms with van der Waals surface area (Å²) in [6, 6.07) is 6.34. The van der Waals surface area contributed by atoms with Gasteiger partial charge in [-0.2, -0.15) is 10.2 Å². The summed E-state index contributed by atoms with van der Waals surface area (Å²) in [6.07, 6.45) is 6.18. The Bertz CT molecular complexity index is 1090. The summed E-state index contributed by atoms with van der Waals surface area (Å²) in [4.78, 5) is 16.7. The molecule has 25 heavy (non-hydrogen) atoms. The van der Waals surface area contributed by atoms with Gasteiger partial charge in [0.2, 0.25) is 0 Å². The van der Waals surface area contributed by atoms with Gasteiger partial charge in [0.25, 0.3) is 5.91 Å². The average Bonchev–Trinajstić information content (AvgIpc) is 3.23. The van der Waals surface area contributed by atoms with Gasteiger partial charge in [0.15, 0.2) is 5.65 Å². The van der Waals surface area contributed by atoms with Gasteiger partial charge in [-0.05, 0) is 24.3 Å². The van der Waals surface area contributed by atoms with Crippen LogP contribution in [0.4, 0.5) is 5.69 Å². The minimum atomic E-state index is -0.391. The first-order chi connectivity index (χ1) is 12.1. The van der Waals surface area contributed by atoms with E-state index in [0.717, 1.165) is 0 Å². The number of anilines is 1. The van der Waals surface area contributed by atoms with Crippen LogP contribution in [-0.4, -0.2) is 35.8 Å². The summed E-state index contributed by atoms with van der Waals surface area (Å²) in [5.74, 6) is -0.375. The van der Waals surface area contributed by atoms with Crippen molar-refractivity contribution in [3.8, 4) is 17.0 Å². The molecule has 0 aliphatic rings. The maximum absolute atomic E-state index is 12.6. The fourth-order valence-corrected chi connectivity index (χ4v) is 2.64. The molecule has 3 aromatic heterocycles. The third-order valence-electron chi connectivity index (χ3n) is 3.64. The number of hydrogen-bond acceptors (Lipinski definition) is 5. The van der Waals surface area contributed by atoms with Crippen LogP contribution in [0.25, 0.3) is 16.9 Å². The fraction of sp³-hybridized carbons (Fsp3) is 0. The number of amides is 1. The van der Waals surface area contributed by atoms with Gasteiger partial charge in [-0.3, -0.25) is 9.89 Å². The van der Waals surface area contributed by atoms with Crippen molar-refractivity contribution in [1.29, 1.82) is 0 Å². The van der Waals surface area contributed by atoms with Crippen LogP contribution in [0.15, 0.2) is 49.1 Å². The molecular formula is C16H11ClN6O2. The van der Waals surface area contributed by atoms with Crippen molar-refractivity contribution < 1.29 is 9.90 Å². The quantitative estimate of drug-likeness (QED) is 0.524. The number of carbonyl (C=O) groups excluding carboxylic acids is 1. The molecule has 1 amide bonds. The number of hydrogen-bond donors (Lipinski definition) is 3. The summed E-state index contributed by atoms with van der Waals surface area (Å²) in [5, 5.41) is 24.0. The van der Waals surface area contributed by atoms with E-state index in [-0.39, 0.29) is 5.75 Å². The van der Waals surface area contributed by atoms with E-state index in [0.29, 0.717) is 33.2 Å². The minimum Gasteiger partial charge on any atom is -0.507 e. The smallest absolute Gasteiger partial charge is 0.261 e. The summed E-state index contributed by atoms with van der Waals surface area (Å²) >= 11 is 5.99. The molecule has 8 nitrogen and oxygen atoms in total. The lowest BCUT2D eigenvalue weighted by molar-refractivity contribution is 0.102. The van der Waals surface area contributed by atoms with Crippen molar-refractivity contribution in [3.05, 3.63) is 59.6 Å². The van der Waals surface area contributed by atoms with Crippen molar-refractivity contribution in [2.45, 2.75) is 0 Å². The Labute approximate surface area is 146 Å². The lowest BCUT2D eigenvalue weighted by atomic mass is 10.1. The van der Waals surface area contributed by atoms with Crippen LogP contribution in [0.5, 0.6) is 5.75 Å². The predicted octanol–water partition coefficient (Wildman–Crippen LogP) is 2.73. The minimum absolute atomic E-state index is 0.0156. The van der Waals surface area contributed by atoms with Crippen molar-refractivity contribution in [3.63, 3.8) is 0 Å². The van der Waals surface area contributed by atoms with E-state index in [4.69, 9.17) is 11.6 Å². The molecule has 0 aliphatic carbocycles. The van der Waals surface area contributed by atoms with Crippen LogP contribution in [0.3, 0.4) is 0 Å². The largest absolute Gasteiger partial charge is 0.507 e. The summed E-state index contributed by atoms with van der Waals surface area (Å²) in [5.41, 5.74) is 2.03. The zero-order valence-corrected chi connectivity index (χ0v) is 13.4. The lowest BCUT2D eigenvalue weighted by Crippen LogP contribution is -2.12. The van der Waals surface area contributed by atoms with Gasteiger partial charge in [-0.25, -0.2) is 9.50 Å². The number of fused-ring (bicyclic) bond motifs is 1. The van der Waals surface area contributed by atoms with Gasteiger partial charge in [0.1, 0.15) is 11.3 Å². The van der Waals surface area contributed by atoms with Crippen LogP contribution in [0.2, 0.25) is 5.02 Å². The average molecular weight is 355 g/mol. The second kappa shape index (κ2) is 5.91. The van der Waals surface area contributed by atoms with Crippen molar-refractivity contribution in [2.24, 2.45) is 0 Å². The Morgan fingerprint density at radius 3 is 3.08 bits per heavy atom. The number of benzene rings is 1. The molecule has 0 atom stereocenters. The summed E-state index contributed by atoms with van der Waals surface area (Å²) < 4.78 is 1.51. The molecule has 0 saturated carbocycles. The van der Waals surface area contributed by atoms with E-state index in [1.165, 1.54) is 23.0 Å². The van der Waals surface area contributed by atoms with E-state index in [1.807, 2.05) is 0 Å². The third kappa shape index (κ3) is 2.68. The molecule has 3 N–H and O–H groups in total. The first-order valence-electron chi connectivity index (χ1n) is 7.25. The van der Waals surface area contributed by atoms with Gasteiger partial charge in [-0.15, -0.1) is 0 Å². The van der Waals surface area contributed by atoms with E-state index in [1.54, 1.807) is 30.6 Å². The zero-order valence-electron chi connectivity index (χ0n) is 12.6. The van der Waals surface area contributed by atoms with Gasteiger partial charge in [-0.1, -0.05) is 11.6 Å². The van der Waals surface area contributed by atoms with Crippen molar-refractivity contribution in [1.82, 2.24) is 24.8 Å². The van der Waals surface area contributed by atoms with Gasteiger partial charge >= 0.3 is 0 Å². The molecule has 9 heteroatoms. The number of phenolic OH excluding ortho intramolecular Hbond substituents is 1. The number of aromatic amines is 1. The van der Waals surface area contributed by atoms with Crippen LogP contribution in [-0.2, 0) is 0 Å². The molecule has 0 radical (unpaired) electrons.